The van der Waals surface area contributed by atoms with E-state index in [1.165, 1.54) is 6.07 Å². The van der Waals surface area contributed by atoms with E-state index >= 15 is 0 Å². The molecule has 36 heavy (non-hydrogen) atoms. The molecule has 8 nitrogen and oxygen atoms in total. The van der Waals surface area contributed by atoms with Crippen LogP contribution in [-0.2, 0) is 11.2 Å². The predicted molar refractivity (Wildman–Crippen MR) is 136 cm³/mol. The van der Waals surface area contributed by atoms with Crippen molar-refractivity contribution in [2.45, 2.75) is 32.7 Å². The van der Waals surface area contributed by atoms with Gasteiger partial charge in [-0.25, -0.2) is 4.39 Å². The minimum Gasteiger partial charge on any atom is -0.456 e. The van der Waals surface area contributed by atoms with E-state index < -0.39 is 11.7 Å². The first-order valence-electron chi connectivity index (χ1n) is 11.4. The Bertz CT molecular complexity index is 1460. The van der Waals surface area contributed by atoms with Gasteiger partial charge in [0, 0.05) is 29.4 Å². The second kappa shape index (κ2) is 10.4. The summed E-state index contributed by atoms with van der Waals surface area (Å²) in [5, 5.41) is 7.57. The number of allylic oxidation sites excluding steroid dienone is 1. The fourth-order valence-corrected chi connectivity index (χ4v) is 3.82. The smallest absolute Gasteiger partial charge is 0.248 e. The molecule has 0 aliphatic rings. The van der Waals surface area contributed by atoms with Crippen LogP contribution < -0.4 is 15.8 Å². The van der Waals surface area contributed by atoms with Crippen molar-refractivity contribution in [2.24, 2.45) is 5.73 Å². The molecule has 4 aromatic rings. The third-order valence-corrected chi connectivity index (χ3v) is 5.75. The number of aromatic nitrogens is 3. The molecule has 3 N–H and O–H groups in total. The van der Waals surface area contributed by atoms with E-state index in [4.69, 9.17) is 10.5 Å². The van der Waals surface area contributed by atoms with E-state index in [0.717, 1.165) is 6.42 Å². The van der Waals surface area contributed by atoms with E-state index in [0.29, 0.717) is 33.5 Å². The summed E-state index contributed by atoms with van der Waals surface area (Å²) in [5.41, 5.74) is 7.72. The summed E-state index contributed by atoms with van der Waals surface area (Å²) in [4.78, 5) is 28.4. The van der Waals surface area contributed by atoms with Gasteiger partial charge in [-0.15, -0.1) is 6.58 Å². The number of halogens is 1. The second-order valence-electron chi connectivity index (χ2n) is 8.52. The minimum atomic E-state index is -0.574. The van der Waals surface area contributed by atoms with Crippen LogP contribution in [0.25, 0.3) is 10.9 Å². The number of amides is 2. The molecule has 2 aromatic heterocycles. The molecule has 1 unspecified atom stereocenters. The standard InChI is InChI=1S/C27H26FN5O3/c1-4-5-17(3)33-15-20(14-31-33)32-26(34)12-19-10-16(2)25(13-22(19)28)36-24-8-9-30-23-7-6-18(27(29)35)11-21(23)24/h4,6-11,13-15,17H,1,5,12H2,2-3H3,(H2,29,35)(H,32,34). The van der Waals surface area contributed by atoms with E-state index in [1.807, 2.05) is 6.92 Å². The van der Waals surface area contributed by atoms with Gasteiger partial charge in [0.05, 0.1) is 29.9 Å². The number of fused-ring (bicyclic) bond motifs is 1. The molecule has 9 heteroatoms. The largest absolute Gasteiger partial charge is 0.456 e. The van der Waals surface area contributed by atoms with E-state index in [-0.39, 0.29) is 29.7 Å². The third kappa shape index (κ3) is 5.41. The van der Waals surface area contributed by atoms with Gasteiger partial charge in [0.25, 0.3) is 0 Å². The van der Waals surface area contributed by atoms with Crippen LogP contribution >= 0.6 is 0 Å². The number of aryl methyl sites for hydroxylation is 1. The maximum Gasteiger partial charge on any atom is 0.248 e. The number of rotatable bonds is 9. The Labute approximate surface area is 207 Å². The fraction of sp³-hybridized carbons (Fsp3) is 0.185. The van der Waals surface area contributed by atoms with Crippen molar-refractivity contribution in [3.63, 3.8) is 0 Å². The summed E-state index contributed by atoms with van der Waals surface area (Å²) >= 11 is 0. The van der Waals surface area contributed by atoms with Crippen LogP contribution in [0.15, 0.2) is 67.6 Å². The molecule has 0 saturated carbocycles. The van der Waals surface area contributed by atoms with Gasteiger partial charge in [0.15, 0.2) is 0 Å². The number of carbonyl (C=O) groups excluding carboxylic acids is 2. The number of nitrogens with two attached hydrogens (primary N) is 1. The number of anilines is 1. The molecule has 1 atom stereocenters. The summed E-state index contributed by atoms with van der Waals surface area (Å²) in [7, 11) is 0. The van der Waals surface area contributed by atoms with Gasteiger partial charge >= 0.3 is 0 Å². The number of hydrogen-bond acceptors (Lipinski definition) is 5. The zero-order chi connectivity index (χ0) is 25.8. The number of pyridine rings is 1. The molecule has 0 aliphatic heterocycles. The molecule has 2 amide bonds. The highest BCUT2D eigenvalue weighted by Crippen LogP contribution is 2.32. The topological polar surface area (TPSA) is 112 Å². The maximum absolute atomic E-state index is 15.0. The first kappa shape index (κ1) is 24.6. The first-order valence-corrected chi connectivity index (χ1v) is 11.4. The number of carbonyl (C=O) groups is 2. The van der Waals surface area contributed by atoms with Crippen molar-refractivity contribution < 1.29 is 18.7 Å². The summed E-state index contributed by atoms with van der Waals surface area (Å²) < 4.78 is 22.7. The van der Waals surface area contributed by atoms with Gasteiger partial charge in [-0.05, 0) is 61.7 Å². The SMILES string of the molecule is C=CCC(C)n1cc(NC(=O)Cc2cc(C)c(Oc3ccnc4ccc(C(N)=O)cc34)cc2F)cn1. The Morgan fingerprint density at radius 2 is 2.06 bits per heavy atom. The number of primary amides is 1. The lowest BCUT2D eigenvalue weighted by Gasteiger charge is -2.13. The minimum absolute atomic E-state index is 0.112. The molecule has 0 fully saturated rings. The highest BCUT2D eigenvalue weighted by molar-refractivity contribution is 5.98. The monoisotopic (exact) mass is 487 g/mol. The Kier molecular flexibility index (Phi) is 7.10. The van der Waals surface area contributed by atoms with Gasteiger partial charge in [0.1, 0.15) is 17.3 Å². The summed E-state index contributed by atoms with van der Waals surface area (Å²) in [6.45, 7) is 7.48. The van der Waals surface area contributed by atoms with Gasteiger partial charge in [-0.2, -0.15) is 5.10 Å². The van der Waals surface area contributed by atoms with Crippen LogP contribution in [0.4, 0.5) is 10.1 Å². The lowest BCUT2D eigenvalue weighted by atomic mass is 10.1. The van der Waals surface area contributed by atoms with Gasteiger partial charge in [-0.3, -0.25) is 19.3 Å². The highest BCUT2D eigenvalue weighted by atomic mass is 19.1. The maximum atomic E-state index is 15.0. The number of hydrogen-bond donors (Lipinski definition) is 2. The van der Waals surface area contributed by atoms with Gasteiger partial charge in [0.2, 0.25) is 11.8 Å². The Balaban J connectivity index is 1.50. The number of nitrogens with zero attached hydrogens (tertiary/aromatic N) is 3. The normalized spacial score (nSPS) is 11.8. The van der Waals surface area contributed by atoms with Crippen molar-refractivity contribution in [3.05, 3.63) is 90.2 Å². The Hall–Kier alpha value is -4.53. The van der Waals surface area contributed by atoms with Crippen molar-refractivity contribution in [1.29, 1.82) is 0 Å². The zero-order valence-electron chi connectivity index (χ0n) is 20.0. The quantitative estimate of drug-likeness (QED) is 0.320. The zero-order valence-corrected chi connectivity index (χ0v) is 20.0. The molecular formula is C27H26FN5O3. The summed E-state index contributed by atoms with van der Waals surface area (Å²) in [6.07, 6.45) is 7.24. The molecule has 0 spiro atoms. The number of ether oxygens (including phenoxy) is 1. The average molecular weight is 488 g/mol. The van der Waals surface area contributed by atoms with Gasteiger partial charge in [-0.1, -0.05) is 6.08 Å². The lowest BCUT2D eigenvalue weighted by Crippen LogP contribution is -2.15. The molecule has 184 valence electrons. The molecule has 4 rings (SSSR count). The van der Waals surface area contributed by atoms with Crippen LogP contribution in [0.3, 0.4) is 0 Å². The van der Waals surface area contributed by atoms with Crippen molar-refractivity contribution in [2.75, 3.05) is 5.32 Å². The van der Waals surface area contributed by atoms with Crippen LogP contribution in [0.2, 0.25) is 0 Å². The molecule has 0 bridgehead atoms. The lowest BCUT2D eigenvalue weighted by molar-refractivity contribution is -0.115. The summed E-state index contributed by atoms with van der Waals surface area (Å²) in [6, 6.07) is 9.41. The van der Waals surface area contributed by atoms with Crippen LogP contribution in [0.5, 0.6) is 11.5 Å². The third-order valence-electron chi connectivity index (χ3n) is 5.75. The van der Waals surface area contributed by atoms with Crippen molar-refractivity contribution in [1.82, 2.24) is 14.8 Å². The van der Waals surface area contributed by atoms with E-state index in [1.54, 1.807) is 66.6 Å². The average Bonchev–Trinajstić information content (AvgIpc) is 3.30. The molecule has 0 saturated heterocycles. The number of benzene rings is 2. The van der Waals surface area contributed by atoms with Crippen LogP contribution in [0, 0.1) is 12.7 Å². The second-order valence-corrected chi connectivity index (χ2v) is 8.52. The Morgan fingerprint density at radius 1 is 1.25 bits per heavy atom. The van der Waals surface area contributed by atoms with E-state index in [9.17, 15) is 14.0 Å². The molecular weight excluding hydrogens is 461 g/mol. The van der Waals surface area contributed by atoms with Crippen molar-refractivity contribution >= 4 is 28.4 Å². The van der Waals surface area contributed by atoms with Crippen molar-refractivity contribution in [3.8, 4) is 11.5 Å². The Morgan fingerprint density at radius 3 is 2.81 bits per heavy atom. The van der Waals surface area contributed by atoms with Crippen LogP contribution in [0.1, 0.15) is 40.9 Å². The predicted octanol–water partition coefficient (Wildman–Crippen LogP) is 5.09. The highest BCUT2D eigenvalue weighted by Gasteiger charge is 2.15. The molecule has 2 aromatic carbocycles. The molecule has 0 aliphatic carbocycles. The van der Waals surface area contributed by atoms with Crippen LogP contribution in [-0.4, -0.2) is 26.6 Å². The fourth-order valence-electron chi connectivity index (χ4n) is 3.82. The van der Waals surface area contributed by atoms with E-state index in [2.05, 4.69) is 22.0 Å². The molecule has 2 heterocycles. The first-order chi connectivity index (χ1) is 17.2. The molecule has 0 radical (unpaired) electrons. The van der Waals surface area contributed by atoms with Gasteiger partial charge < -0.3 is 15.8 Å². The summed E-state index contributed by atoms with van der Waals surface area (Å²) in [5.74, 6) is -0.825. The number of nitrogens with one attached hydrogen (secondary N) is 1.